The van der Waals surface area contributed by atoms with Gasteiger partial charge in [-0.2, -0.15) is 0 Å². The lowest BCUT2D eigenvalue weighted by molar-refractivity contribution is -0.133. The van der Waals surface area contributed by atoms with Crippen LogP contribution in [0.25, 0.3) is 10.9 Å². The van der Waals surface area contributed by atoms with E-state index in [1.54, 1.807) is 41.3 Å². The Morgan fingerprint density at radius 2 is 1.69 bits per heavy atom. The number of nitrogens with one attached hydrogen (secondary N) is 1. The number of para-hydroxylation sites is 1. The average Bonchev–Trinajstić information content (AvgIpc) is 2.88. The number of piperidine rings is 1. The fourth-order valence-corrected chi connectivity index (χ4v) is 4.50. The first-order valence-electron chi connectivity index (χ1n) is 12.3. The number of hydrogen-bond donors (Lipinski definition) is 1. The summed E-state index contributed by atoms with van der Waals surface area (Å²) < 4.78 is 15.5. The second kappa shape index (κ2) is 11.3. The van der Waals surface area contributed by atoms with Crippen LogP contribution in [0.4, 0.5) is 4.39 Å². The predicted molar refractivity (Wildman–Crippen MR) is 135 cm³/mol. The van der Waals surface area contributed by atoms with Gasteiger partial charge in [-0.15, -0.1) is 0 Å². The molecule has 9 heteroatoms. The molecule has 1 fully saturated rings. The molecule has 2 aromatic carbocycles. The molecule has 1 N–H and O–H groups in total. The molecule has 8 nitrogen and oxygen atoms in total. The molecule has 0 saturated carbocycles. The Labute approximate surface area is 208 Å². The number of carbonyl (C=O) groups excluding carboxylic acids is 2. The number of hydrogen-bond acceptors (Lipinski definition) is 4. The fourth-order valence-electron chi connectivity index (χ4n) is 4.50. The molecule has 36 heavy (non-hydrogen) atoms. The fraction of sp³-hybridized carbons (Fsp3) is 0.407. The third kappa shape index (κ3) is 5.90. The van der Waals surface area contributed by atoms with Crippen molar-refractivity contribution in [1.82, 2.24) is 19.4 Å². The minimum Gasteiger partial charge on any atom is -0.352 e. The maximum Gasteiger partial charge on any atom is 0.331 e. The maximum atomic E-state index is 13.3. The lowest BCUT2D eigenvalue weighted by Gasteiger charge is -2.30. The van der Waals surface area contributed by atoms with Crippen molar-refractivity contribution in [2.75, 3.05) is 13.1 Å². The standard InChI is InChI=1S/C27H31FN4O4/c1-19-12-15-30(16-13-19)25(34)18-32-23-6-3-2-5-22(23)26(35)31(27(32)36)14-4-7-24(33)29-17-20-8-10-21(28)11-9-20/h2-3,5-6,8-11,19H,4,7,12-18H2,1H3,(H,29,33). The lowest BCUT2D eigenvalue weighted by Crippen LogP contribution is -2.45. The maximum absolute atomic E-state index is 13.3. The van der Waals surface area contributed by atoms with Crippen LogP contribution in [-0.2, 0) is 29.2 Å². The van der Waals surface area contributed by atoms with Gasteiger partial charge in [0.25, 0.3) is 5.56 Å². The van der Waals surface area contributed by atoms with Crippen LogP contribution < -0.4 is 16.6 Å². The molecule has 1 saturated heterocycles. The normalized spacial score (nSPS) is 14.2. The zero-order valence-corrected chi connectivity index (χ0v) is 20.4. The van der Waals surface area contributed by atoms with E-state index in [4.69, 9.17) is 0 Å². The molecule has 3 aromatic rings. The summed E-state index contributed by atoms with van der Waals surface area (Å²) >= 11 is 0. The van der Waals surface area contributed by atoms with Crippen molar-refractivity contribution in [3.8, 4) is 0 Å². The first kappa shape index (κ1) is 25.3. The van der Waals surface area contributed by atoms with Gasteiger partial charge in [-0.1, -0.05) is 31.2 Å². The topological polar surface area (TPSA) is 93.4 Å². The number of nitrogens with zero attached hydrogens (tertiary/aromatic N) is 3. The Bertz CT molecular complexity index is 1350. The Morgan fingerprint density at radius 1 is 1.00 bits per heavy atom. The molecule has 0 atom stereocenters. The zero-order chi connectivity index (χ0) is 25.7. The van der Waals surface area contributed by atoms with E-state index in [0.717, 1.165) is 23.0 Å². The van der Waals surface area contributed by atoms with E-state index in [0.29, 0.717) is 29.9 Å². The van der Waals surface area contributed by atoms with Gasteiger partial charge in [0, 0.05) is 32.6 Å². The third-order valence-electron chi connectivity index (χ3n) is 6.75. The molecule has 0 radical (unpaired) electrons. The van der Waals surface area contributed by atoms with E-state index < -0.39 is 11.2 Å². The smallest absolute Gasteiger partial charge is 0.331 e. The minimum absolute atomic E-state index is 0.0574. The van der Waals surface area contributed by atoms with Gasteiger partial charge in [0.2, 0.25) is 11.8 Å². The van der Waals surface area contributed by atoms with Gasteiger partial charge in [-0.3, -0.25) is 23.5 Å². The summed E-state index contributed by atoms with van der Waals surface area (Å²) in [6, 6.07) is 12.6. The van der Waals surface area contributed by atoms with Crippen LogP contribution in [0.15, 0.2) is 58.1 Å². The van der Waals surface area contributed by atoms with Gasteiger partial charge >= 0.3 is 5.69 Å². The average molecular weight is 495 g/mol. The molecule has 1 aliphatic heterocycles. The number of carbonyl (C=O) groups is 2. The minimum atomic E-state index is -0.552. The Hall–Kier alpha value is -3.75. The summed E-state index contributed by atoms with van der Waals surface area (Å²) in [5, 5.41) is 3.12. The molecule has 2 amide bonds. The number of likely N-dealkylation sites (tertiary alicyclic amines) is 1. The molecule has 4 rings (SSSR count). The Kier molecular flexibility index (Phi) is 7.97. The number of rotatable bonds is 8. The van der Waals surface area contributed by atoms with Crippen molar-refractivity contribution in [1.29, 1.82) is 0 Å². The van der Waals surface area contributed by atoms with E-state index in [9.17, 15) is 23.6 Å². The van der Waals surface area contributed by atoms with Crippen molar-refractivity contribution < 1.29 is 14.0 Å². The summed E-state index contributed by atoms with van der Waals surface area (Å²) in [7, 11) is 0. The molecule has 0 bridgehead atoms. The Morgan fingerprint density at radius 3 is 2.42 bits per heavy atom. The monoisotopic (exact) mass is 494 g/mol. The molecule has 2 heterocycles. The van der Waals surface area contributed by atoms with Gasteiger partial charge in [0.15, 0.2) is 0 Å². The molecule has 0 aliphatic carbocycles. The van der Waals surface area contributed by atoms with E-state index in [1.165, 1.54) is 16.7 Å². The van der Waals surface area contributed by atoms with Gasteiger partial charge in [-0.05, 0) is 55.0 Å². The van der Waals surface area contributed by atoms with Gasteiger partial charge in [0.1, 0.15) is 12.4 Å². The molecule has 1 aromatic heterocycles. The van der Waals surface area contributed by atoms with E-state index >= 15 is 0 Å². The summed E-state index contributed by atoms with van der Waals surface area (Å²) in [6.45, 7) is 3.69. The van der Waals surface area contributed by atoms with Crippen molar-refractivity contribution in [2.45, 2.75) is 52.2 Å². The zero-order valence-electron chi connectivity index (χ0n) is 20.4. The van der Waals surface area contributed by atoms with Crippen molar-refractivity contribution in [2.24, 2.45) is 5.92 Å². The van der Waals surface area contributed by atoms with Crippen LogP contribution in [-0.4, -0.2) is 38.9 Å². The van der Waals surface area contributed by atoms with Crippen LogP contribution in [0, 0.1) is 11.7 Å². The molecular weight excluding hydrogens is 463 g/mol. The Balaban J connectivity index is 1.46. The number of aromatic nitrogens is 2. The second-order valence-corrected chi connectivity index (χ2v) is 9.41. The van der Waals surface area contributed by atoms with Crippen LogP contribution in [0.3, 0.4) is 0 Å². The molecule has 0 spiro atoms. The molecule has 1 aliphatic rings. The van der Waals surface area contributed by atoms with Crippen molar-refractivity contribution in [3.05, 3.63) is 80.7 Å². The number of fused-ring (bicyclic) bond motifs is 1. The summed E-state index contributed by atoms with van der Waals surface area (Å²) in [4.78, 5) is 53.4. The highest BCUT2D eigenvalue weighted by Gasteiger charge is 2.22. The highest BCUT2D eigenvalue weighted by Crippen LogP contribution is 2.17. The second-order valence-electron chi connectivity index (χ2n) is 9.41. The number of amides is 2. The van der Waals surface area contributed by atoms with Crippen LogP contribution >= 0.6 is 0 Å². The van der Waals surface area contributed by atoms with Crippen LogP contribution in [0.2, 0.25) is 0 Å². The van der Waals surface area contributed by atoms with E-state index in [1.807, 2.05) is 0 Å². The van der Waals surface area contributed by atoms with Gasteiger partial charge < -0.3 is 10.2 Å². The number of benzene rings is 2. The summed E-state index contributed by atoms with van der Waals surface area (Å²) in [5.74, 6) is -0.140. The third-order valence-corrected chi connectivity index (χ3v) is 6.75. The summed E-state index contributed by atoms with van der Waals surface area (Å²) in [5.41, 5.74) is 0.215. The first-order valence-corrected chi connectivity index (χ1v) is 12.3. The number of halogens is 1. The van der Waals surface area contributed by atoms with Crippen molar-refractivity contribution >= 4 is 22.7 Å². The van der Waals surface area contributed by atoms with Crippen LogP contribution in [0.5, 0.6) is 0 Å². The summed E-state index contributed by atoms with van der Waals surface area (Å²) in [6.07, 6.45) is 2.26. The highest BCUT2D eigenvalue weighted by atomic mass is 19.1. The molecule has 0 unspecified atom stereocenters. The van der Waals surface area contributed by atoms with Gasteiger partial charge in [0.05, 0.1) is 10.9 Å². The molecular formula is C27H31FN4O4. The highest BCUT2D eigenvalue weighted by molar-refractivity contribution is 5.81. The molecule has 190 valence electrons. The lowest BCUT2D eigenvalue weighted by atomic mass is 9.99. The van der Waals surface area contributed by atoms with E-state index in [-0.39, 0.29) is 50.1 Å². The largest absolute Gasteiger partial charge is 0.352 e. The quantitative estimate of drug-likeness (QED) is 0.521. The van der Waals surface area contributed by atoms with Crippen molar-refractivity contribution in [3.63, 3.8) is 0 Å². The van der Waals surface area contributed by atoms with E-state index in [2.05, 4.69) is 12.2 Å². The van der Waals surface area contributed by atoms with Gasteiger partial charge in [-0.25, -0.2) is 9.18 Å². The SMILES string of the molecule is CC1CCN(C(=O)Cn2c(=O)n(CCCC(=O)NCc3ccc(F)cc3)c(=O)c3ccccc32)CC1. The predicted octanol–water partition coefficient (Wildman–Crippen LogP) is 2.66. The van der Waals surface area contributed by atoms with Crippen LogP contribution in [0.1, 0.15) is 38.2 Å². The first-order chi connectivity index (χ1) is 17.3.